The van der Waals surface area contributed by atoms with Gasteiger partial charge in [-0.15, -0.1) is 11.3 Å². The SMILES string of the molecule is O=c1[nH]c(=O)c2cc(-c3ncco3)sc2[nH]1. The van der Waals surface area contributed by atoms with E-state index in [2.05, 4.69) is 15.0 Å². The molecule has 0 bridgehead atoms. The van der Waals surface area contributed by atoms with Crippen LogP contribution in [0.5, 0.6) is 0 Å². The molecule has 0 aliphatic carbocycles. The molecule has 0 spiro atoms. The predicted molar refractivity (Wildman–Crippen MR) is 58.6 cm³/mol. The van der Waals surface area contributed by atoms with Crippen molar-refractivity contribution in [2.24, 2.45) is 0 Å². The fourth-order valence-corrected chi connectivity index (χ4v) is 2.40. The zero-order chi connectivity index (χ0) is 11.1. The van der Waals surface area contributed by atoms with Gasteiger partial charge in [0.2, 0.25) is 5.89 Å². The topological polar surface area (TPSA) is 91.8 Å². The van der Waals surface area contributed by atoms with Gasteiger partial charge in [-0.05, 0) is 6.07 Å². The molecule has 3 aromatic heterocycles. The molecule has 0 aliphatic rings. The Labute approximate surface area is 91.6 Å². The third kappa shape index (κ3) is 1.29. The monoisotopic (exact) mass is 235 g/mol. The number of aromatic nitrogens is 3. The van der Waals surface area contributed by atoms with E-state index in [1.807, 2.05) is 0 Å². The van der Waals surface area contributed by atoms with Gasteiger partial charge in [-0.1, -0.05) is 0 Å². The van der Waals surface area contributed by atoms with E-state index in [1.54, 1.807) is 6.07 Å². The summed E-state index contributed by atoms with van der Waals surface area (Å²) in [6, 6.07) is 1.64. The van der Waals surface area contributed by atoms with Crippen LogP contribution in [-0.2, 0) is 0 Å². The first kappa shape index (κ1) is 9.10. The number of nitrogens with zero attached hydrogens (tertiary/aromatic N) is 1. The number of rotatable bonds is 1. The lowest BCUT2D eigenvalue weighted by Crippen LogP contribution is -2.20. The summed E-state index contributed by atoms with van der Waals surface area (Å²) in [6.45, 7) is 0. The standard InChI is InChI=1S/C9H5N3O3S/c13-6-4-3-5(7-10-1-2-15-7)16-8(4)12-9(14)11-6/h1-3H,(H2,11,12,13,14). The zero-order valence-electron chi connectivity index (χ0n) is 7.81. The quantitative estimate of drug-likeness (QED) is 0.656. The smallest absolute Gasteiger partial charge is 0.326 e. The molecule has 80 valence electrons. The van der Waals surface area contributed by atoms with Crippen LogP contribution < -0.4 is 11.2 Å². The molecule has 0 aliphatic heterocycles. The first-order chi connectivity index (χ1) is 7.74. The molecule has 0 saturated heterocycles. The molecule has 0 aromatic carbocycles. The molecule has 3 rings (SSSR count). The molecule has 0 atom stereocenters. The third-order valence-corrected chi connectivity index (χ3v) is 3.11. The van der Waals surface area contributed by atoms with Crippen LogP contribution in [0.25, 0.3) is 21.0 Å². The number of nitrogens with one attached hydrogen (secondary N) is 2. The molecule has 0 radical (unpaired) electrons. The van der Waals surface area contributed by atoms with Gasteiger partial charge < -0.3 is 4.42 Å². The zero-order valence-corrected chi connectivity index (χ0v) is 8.63. The van der Waals surface area contributed by atoms with Crippen LogP contribution in [0.4, 0.5) is 0 Å². The van der Waals surface area contributed by atoms with Crippen molar-refractivity contribution < 1.29 is 4.42 Å². The number of aromatic amines is 2. The first-order valence-corrected chi connectivity index (χ1v) is 5.22. The van der Waals surface area contributed by atoms with Gasteiger partial charge in [-0.25, -0.2) is 9.78 Å². The van der Waals surface area contributed by atoms with Crippen LogP contribution in [0.3, 0.4) is 0 Å². The van der Waals surface area contributed by atoms with Crippen LogP contribution in [0.1, 0.15) is 0 Å². The summed E-state index contributed by atoms with van der Waals surface area (Å²) in [5, 5.41) is 0.429. The number of oxazole rings is 1. The number of fused-ring (bicyclic) bond motifs is 1. The van der Waals surface area contributed by atoms with E-state index in [4.69, 9.17) is 4.42 Å². The molecule has 6 nitrogen and oxygen atoms in total. The van der Waals surface area contributed by atoms with Gasteiger partial charge in [0.15, 0.2) is 0 Å². The molecule has 2 N–H and O–H groups in total. The lowest BCUT2D eigenvalue weighted by atomic mass is 10.3. The minimum Gasteiger partial charge on any atom is -0.444 e. The highest BCUT2D eigenvalue weighted by Crippen LogP contribution is 2.28. The molecule has 0 unspecified atom stereocenters. The van der Waals surface area contributed by atoms with E-state index < -0.39 is 11.2 Å². The summed E-state index contributed by atoms with van der Waals surface area (Å²) in [5.74, 6) is 0.432. The van der Waals surface area contributed by atoms with Crippen LogP contribution in [0, 0.1) is 0 Å². The minimum atomic E-state index is -0.515. The second-order valence-corrected chi connectivity index (χ2v) is 4.15. The maximum atomic E-state index is 11.5. The average molecular weight is 235 g/mol. The summed E-state index contributed by atoms with van der Waals surface area (Å²) < 4.78 is 5.11. The molecular formula is C9H5N3O3S. The van der Waals surface area contributed by atoms with Crippen LogP contribution in [-0.4, -0.2) is 15.0 Å². The van der Waals surface area contributed by atoms with Crippen molar-refractivity contribution >= 4 is 21.6 Å². The van der Waals surface area contributed by atoms with E-state index in [0.717, 1.165) is 0 Å². The summed E-state index contributed by atoms with van der Waals surface area (Å²) in [6.07, 6.45) is 2.97. The second-order valence-electron chi connectivity index (χ2n) is 3.10. The van der Waals surface area contributed by atoms with Crippen molar-refractivity contribution in [3.05, 3.63) is 39.4 Å². The van der Waals surface area contributed by atoms with E-state index in [-0.39, 0.29) is 0 Å². The summed E-state index contributed by atoms with van der Waals surface area (Å²) in [4.78, 5) is 32.4. The normalized spacial score (nSPS) is 11.0. The van der Waals surface area contributed by atoms with Gasteiger partial charge >= 0.3 is 5.69 Å². The summed E-state index contributed by atoms with van der Waals surface area (Å²) in [5.41, 5.74) is -0.925. The van der Waals surface area contributed by atoms with Gasteiger partial charge in [0.1, 0.15) is 11.1 Å². The third-order valence-electron chi connectivity index (χ3n) is 2.07. The van der Waals surface area contributed by atoms with E-state index in [9.17, 15) is 9.59 Å². The van der Waals surface area contributed by atoms with E-state index in [0.29, 0.717) is 21.0 Å². The van der Waals surface area contributed by atoms with Crippen molar-refractivity contribution in [3.63, 3.8) is 0 Å². The lowest BCUT2D eigenvalue weighted by Gasteiger charge is -1.84. The number of hydrogen-bond donors (Lipinski definition) is 2. The maximum absolute atomic E-state index is 11.5. The van der Waals surface area contributed by atoms with E-state index >= 15 is 0 Å². The number of hydrogen-bond acceptors (Lipinski definition) is 5. The summed E-state index contributed by atoms with van der Waals surface area (Å²) >= 11 is 1.25. The largest absolute Gasteiger partial charge is 0.444 e. The van der Waals surface area contributed by atoms with Crippen LogP contribution in [0.15, 0.2) is 32.5 Å². The van der Waals surface area contributed by atoms with Gasteiger partial charge in [0.25, 0.3) is 5.56 Å². The highest BCUT2D eigenvalue weighted by Gasteiger charge is 2.10. The van der Waals surface area contributed by atoms with Crippen molar-refractivity contribution in [1.29, 1.82) is 0 Å². The Morgan fingerprint density at radius 1 is 1.31 bits per heavy atom. The Morgan fingerprint density at radius 2 is 2.19 bits per heavy atom. The Kier molecular flexibility index (Phi) is 1.80. The van der Waals surface area contributed by atoms with Crippen LogP contribution in [0.2, 0.25) is 0 Å². The number of thiophene rings is 1. The minimum absolute atomic E-state index is 0.409. The molecule has 7 heteroatoms. The second kappa shape index (κ2) is 3.17. The Balaban J connectivity index is 2.36. The maximum Gasteiger partial charge on any atom is 0.326 e. The fraction of sp³-hybridized carbons (Fsp3) is 0. The fourth-order valence-electron chi connectivity index (χ4n) is 1.41. The van der Waals surface area contributed by atoms with Crippen molar-refractivity contribution in [1.82, 2.24) is 15.0 Å². The van der Waals surface area contributed by atoms with Crippen molar-refractivity contribution in [2.75, 3.05) is 0 Å². The van der Waals surface area contributed by atoms with Crippen molar-refractivity contribution in [3.8, 4) is 10.8 Å². The summed E-state index contributed by atoms with van der Waals surface area (Å²) in [7, 11) is 0. The Hall–Kier alpha value is -2.15. The predicted octanol–water partition coefficient (Wildman–Crippen LogP) is 0.933. The van der Waals surface area contributed by atoms with Gasteiger partial charge in [0, 0.05) is 0 Å². The first-order valence-electron chi connectivity index (χ1n) is 4.40. The van der Waals surface area contributed by atoms with E-state index in [1.165, 1.54) is 23.8 Å². The molecule has 0 amide bonds. The molecule has 16 heavy (non-hydrogen) atoms. The Bertz CT molecular complexity index is 750. The molecule has 3 aromatic rings. The van der Waals surface area contributed by atoms with Crippen molar-refractivity contribution in [2.45, 2.75) is 0 Å². The highest BCUT2D eigenvalue weighted by molar-refractivity contribution is 7.21. The Morgan fingerprint density at radius 3 is 2.94 bits per heavy atom. The highest BCUT2D eigenvalue weighted by atomic mass is 32.1. The van der Waals surface area contributed by atoms with Gasteiger partial charge in [-0.2, -0.15) is 0 Å². The molecular weight excluding hydrogens is 230 g/mol. The van der Waals surface area contributed by atoms with Gasteiger partial charge in [0.05, 0.1) is 16.5 Å². The molecule has 0 fully saturated rings. The lowest BCUT2D eigenvalue weighted by molar-refractivity contribution is 0.576. The molecule has 0 saturated carbocycles. The average Bonchev–Trinajstić information content (AvgIpc) is 2.82. The van der Waals surface area contributed by atoms with Crippen LogP contribution >= 0.6 is 11.3 Å². The molecule has 3 heterocycles. The van der Waals surface area contributed by atoms with Gasteiger partial charge in [-0.3, -0.25) is 14.8 Å². The number of H-pyrrole nitrogens is 2.